The van der Waals surface area contributed by atoms with Gasteiger partial charge in [0.1, 0.15) is 6.10 Å². The van der Waals surface area contributed by atoms with E-state index < -0.39 is 34.9 Å². The largest absolute Gasteiger partial charge is 0.449 e. The molecule has 0 aliphatic heterocycles. The van der Waals surface area contributed by atoms with Crippen LogP contribution in [0.4, 0.5) is 4.79 Å². The number of hydrogen-bond acceptors (Lipinski definition) is 6. The molecule has 0 fully saturated rings. The summed E-state index contributed by atoms with van der Waals surface area (Å²) >= 11 is 0. The lowest BCUT2D eigenvalue weighted by molar-refractivity contribution is -0.125. The molecular formula is C6H13N3O6S. The maximum Gasteiger partial charge on any atom is 0.421 e. The van der Waals surface area contributed by atoms with Crippen molar-refractivity contribution in [1.82, 2.24) is 9.44 Å². The van der Waals surface area contributed by atoms with Gasteiger partial charge in [-0.05, 0) is 6.92 Å². The minimum atomic E-state index is -4.17. The quantitative estimate of drug-likeness (QED) is 0.409. The number of nitrogens with one attached hydrogen (secondary N) is 2. The van der Waals surface area contributed by atoms with Gasteiger partial charge in [-0.1, -0.05) is 0 Å². The number of nitrogens with two attached hydrogens (primary N) is 1. The Balaban J connectivity index is 4.16. The average Bonchev–Trinajstić information content (AvgIpc) is 2.13. The second-order valence-electron chi connectivity index (χ2n) is 2.59. The number of amides is 2. The lowest BCUT2D eigenvalue weighted by Crippen LogP contribution is -2.46. The molecule has 0 saturated carbocycles. The van der Waals surface area contributed by atoms with Crippen molar-refractivity contribution in [1.29, 1.82) is 0 Å². The molecular weight excluding hydrogens is 242 g/mol. The molecule has 1 atom stereocenters. The van der Waals surface area contributed by atoms with Gasteiger partial charge in [-0.25, -0.2) is 9.52 Å². The van der Waals surface area contributed by atoms with Crippen molar-refractivity contribution < 1.29 is 27.9 Å². The van der Waals surface area contributed by atoms with Gasteiger partial charge in [0.15, 0.2) is 0 Å². The van der Waals surface area contributed by atoms with E-state index in [4.69, 9.17) is 5.11 Å². The number of carbonyl (C=O) groups is 2. The third-order valence-electron chi connectivity index (χ3n) is 1.29. The summed E-state index contributed by atoms with van der Waals surface area (Å²) in [6.45, 7) is 0.867. The zero-order chi connectivity index (χ0) is 12.8. The second kappa shape index (κ2) is 6.25. The first-order chi connectivity index (χ1) is 7.28. The Hall–Kier alpha value is -1.39. The van der Waals surface area contributed by atoms with E-state index in [-0.39, 0.29) is 6.61 Å². The molecule has 0 heterocycles. The molecule has 0 radical (unpaired) electrons. The lowest BCUT2D eigenvalue weighted by Gasteiger charge is -2.09. The molecule has 0 aliphatic carbocycles. The van der Waals surface area contributed by atoms with Crippen LogP contribution in [0.25, 0.3) is 0 Å². The summed E-state index contributed by atoms with van der Waals surface area (Å²) in [4.78, 5) is 21.1. The number of aliphatic hydroxyl groups is 1. The molecule has 0 bridgehead atoms. The molecule has 16 heavy (non-hydrogen) atoms. The van der Waals surface area contributed by atoms with Crippen LogP contribution in [-0.2, 0) is 19.7 Å². The fourth-order valence-electron chi connectivity index (χ4n) is 0.596. The molecule has 0 rings (SSSR count). The number of aliphatic hydroxyl groups excluding tert-OH is 1. The number of rotatable bonds is 6. The van der Waals surface area contributed by atoms with Crippen molar-refractivity contribution >= 4 is 22.2 Å². The van der Waals surface area contributed by atoms with Crippen LogP contribution in [-0.4, -0.2) is 44.8 Å². The Labute approximate surface area is 92.1 Å². The first kappa shape index (κ1) is 14.6. The maximum atomic E-state index is 11.1. The Bertz CT molecular complexity index is 353. The van der Waals surface area contributed by atoms with Crippen molar-refractivity contribution in [2.24, 2.45) is 5.73 Å². The molecule has 5 N–H and O–H groups in total. The van der Waals surface area contributed by atoms with Crippen LogP contribution in [0, 0.1) is 0 Å². The van der Waals surface area contributed by atoms with Crippen LogP contribution in [0.15, 0.2) is 0 Å². The monoisotopic (exact) mass is 255 g/mol. The highest BCUT2D eigenvalue weighted by Crippen LogP contribution is 1.84. The predicted molar refractivity (Wildman–Crippen MR) is 52.3 cm³/mol. The van der Waals surface area contributed by atoms with Gasteiger partial charge in [0.25, 0.3) is 0 Å². The third kappa shape index (κ3) is 6.16. The van der Waals surface area contributed by atoms with Gasteiger partial charge < -0.3 is 15.6 Å². The minimum absolute atomic E-state index is 0.00522. The van der Waals surface area contributed by atoms with Crippen molar-refractivity contribution in [2.75, 3.05) is 13.2 Å². The Kier molecular flexibility index (Phi) is 5.71. The zero-order valence-electron chi connectivity index (χ0n) is 8.47. The molecule has 2 amide bonds. The first-order valence-electron chi connectivity index (χ1n) is 4.20. The predicted octanol–water partition coefficient (Wildman–Crippen LogP) is -2.59. The third-order valence-corrected chi connectivity index (χ3v) is 2.27. The lowest BCUT2D eigenvalue weighted by atomic mass is 10.3. The maximum absolute atomic E-state index is 11.1. The SMILES string of the molecule is CCOC(=O)NS(=O)(=O)NCC(O)C(N)=O. The normalized spacial score (nSPS) is 12.9. The van der Waals surface area contributed by atoms with E-state index in [2.05, 4.69) is 10.5 Å². The number of carbonyl (C=O) groups excluding carboxylic acids is 2. The summed E-state index contributed by atoms with van der Waals surface area (Å²) in [5, 5.41) is 8.88. The van der Waals surface area contributed by atoms with Crippen molar-refractivity contribution in [3.8, 4) is 0 Å². The van der Waals surface area contributed by atoms with E-state index >= 15 is 0 Å². The molecule has 0 aromatic carbocycles. The van der Waals surface area contributed by atoms with Crippen molar-refractivity contribution in [2.45, 2.75) is 13.0 Å². The van der Waals surface area contributed by atoms with Crippen molar-refractivity contribution in [3.63, 3.8) is 0 Å². The molecule has 0 aromatic rings. The molecule has 94 valence electrons. The van der Waals surface area contributed by atoms with E-state index in [1.54, 1.807) is 4.72 Å². The highest BCUT2D eigenvalue weighted by atomic mass is 32.2. The van der Waals surface area contributed by atoms with Gasteiger partial charge in [0.2, 0.25) is 5.91 Å². The molecule has 9 nitrogen and oxygen atoms in total. The van der Waals surface area contributed by atoms with Crippen LogP contribution < -0.4 is 15.2 Å². The topological polar surface area (TPSA) is 148 Å². The van der Waals surface area contributed by atoms with Gasteiger partial charge in [-0.3, -0.25) is 4.79 Å². The van der Waals surface area contributed by atoms with E-state index in [0.717, 1.165) is 0 Å². The van der Waals surface area contributed by atoms with Crippen LogP contribution in [0.5, 0.6) is 0 Å². The summed E-state index contributed by atoms with van der Waals surface area (Å²) in [5.41, 5.74) is 4.68. The van der Waals surface area contributed by atoms with E-state index in [0.29, 0.717) is 0 Å². The van der Waals surface area contributed by atoms with Gasteiger partial charge in [0, 0.05) is 6.54 Å². The van der Waals surface area contributed by atoms with Crippen LogP contribution in [0.2, 0.25) is 0 Å². The van der Waals surface area contributed by atoms with E-state index in [1.165, 1.54) is 11.6 Å². The number of primary amides is 1. The average molecular weight is 255 g/mol. The summed E-state index contributed by atoms with van der Waals surface area (Å²) in [5.74, 6) is -1.08. The minimum Gasteiger partial charge on any atom is -0.449 e. The summed E-state index contributed by atoms with van der Waals surface area (Å²) in [6.07, 6.45) is -2.83. The molecule has 0 aromatic heterocycles. The molecule has 10 heteroatoms. The van der Waals surface area contributed by atoms with E-state index in [1.807, 2.05) is 0 Å². The number of ether oxygens (including phenoxy) is 1. The molecule has 0 saturated heterocycles. The smallest absolute Gasteiger partial charge is 0.421 e. The van der Waals surface area contributed by atoms with Gasteiger partial charge in [-0.15, -0.1) is 0 Å². The molecule has 1 unspecified atom stereocenters. The zero-order valence-corrected chi connectivity index (χ0v) is 9.28. The summed E-state index contributed by atoms with van der Waals surface area (Å²) < 4.78 is 29.6. The highest BCUT2D eigenvalue weighted by Gasteiger charge is 2.18. The fraction of sp³-hybridized carbons (Fsp3) is 0.667. The Morgan fingerprint density at radius 1 is 1.50 bits per heavy atom. The Morgan fingerprint density at radius 3 is 2.50 bits per heavy atom. The molecule has 0 spiro atoms. The van der Waals surface area contributed by atoms with Gasteiger partial charge in [-0.2, -0.15) is 13.1 Å². The number of hydrogen-bond donors (Lipinski definition) is 4. The van der Waals surface area contributed by atoms with E-state index in [9.17, 15) is 18.0 Å². The fourth-order valence-corrected chi connectivity index (χ4v) is 1.32. The Morgan fingerprint density at radius 2 is 2.06 bits per heavy atom. The highest BCUT2D eigenvalue weighted by molar-refractivity contribution is 7.88. The summed E-state index contributed by atoms with van der Waals surface area (Å²) in [7, 11) is -4.17. The van der Waals surface area contributed by atoms with Crippen LogP contribution in [0.3, 0.4) is 0 Å². The summed E-state index contributed by atoms with van der Waals surface area (Å²) in [6, 6.07) is 0. The van der Waals surface area contributed by atoms with Gasteiger partial charge >= 0.3 is 16.3 Å². The molecule has 0 aliphatic rings. The second-order valence-corrected chi connectivity index (χ2v) is 4.09. The van der Waals surface area contributed by atoms with Crippen LogP contribution >= 0.6 is 0 Å². The standard InChI is InChI=1S/C6H13N3O6S/c1-2-15-6(12)9-16(13,14)8-3-4(10)5(7)11/h4,8,10H,2-3H2,1H3,(H2,7,11)(H,9,12). The van der Waals surface area contributed by atoms with Crippen LogP contribution in [0.1, 0.15) is 6.92 Å². The first-order valence-corrected chi connectivity index (χ1v) is 5.68. The van der Waals surface area contributed by atoms with Crippen molar-refractivity contribution in [3.05, 3.63) is 0 Å². The van der Waals surface area contributed by atoms with Gasteiger partial charge in [0.05, 0.1) is 6.61 Å².